The monoisotopic (exact) mass is 338 g/mol. The lowest BCUT2D eigenvalue weighted by Gasteiger charge is -2.09. The minimum absolute atomic E-state index is 0.120. The molecule has 0 saturated carbocycles. The van der Waals surface area contributed by atoms with Crippen molar-refractivity contribution in [3.63, 3.8) is 0 Å². The highest BCUT2D eigenvalue weighted by Crippen LogP contribution is 2.25. The first-order valence-corrected chi connectivity index (χ1v) is 9.07. The van der Waals surface area contributed by atoms with Crippen molar-refractivity contribution in [3.05, 3.63) is 34.7 Å². The van der Waals surface area contributed by atoms with Gasteiger partial charge in [-0.25, -0.2) is 9.89 Å². The molecule has 6 nitrogen and oxygen atoms in total. The first kappa shape index (κ1) is 16.7. The number of thioether (sulfide) groups is 2. The van der Waals surface area contributed by atoms with Gasteiger partial charge in [-0.2, -0.15) is 0 Å². The molecule has 0 saturated heterocycles. The summed E-state index contributed by atoms with van der Waals surface area (Å²) in [6.45, 7) is 2.58. The van der Waals surface area contributed by atoms with Crippen LogP contribution in [-0.4, -0.2) is 32.7 Å². The molecule has 0 bridgehead atoms. The molecule has 1 heterocycles. The number of rotatable bonds is 7. The fraction of sp³-hybridized carbons (Fsp3) is 0.357. The Bertz CT molecular complexity index is 696. The average Bonchev–Trinajstić information content (AvgIpc) is 2.87. The Morgan fingerprint density at radius 1 is 1.41 bits per heavy atom. The van der Waals surface area contributed by atoms with Crippen LogP contribution in [0.1, 0.15) is 13.3 Å². The lowest BCUT2D eigenvalue weighted by atomic mass is 10.3. The number of hydrogen-bond acceptors (Lipinski definition) is 5. The predicted molar refractivity (Wildman–Crippen MR) is 90.7 cm³/mol. The molecule has 118 valence electrons. The summed E-state index contributed by atoms with van der Waals surface area (Å²) in [5, 5.41) is 9.79. The number of aromatic nitrogens is 3. The van der Waals surface area contributed by atoms with Crippen molar-refractivity contribution in [1.29, 1.82) is 0 Å². The highest BCUT2D eigenvalue weighted by atomic mass is 32.2. The van der Waals surface area contributed by atoms with E-state index in [0.717, 1.165) is 17.0 Å². The Morgan fingerprint density at radius 3 is 2.91 bits per heavy atom. The number of nitrogens with one attached hydrogen (secondary N) is 2. The Labute approximate surface area is 137 Å². The van der Waals surface area contributed by atoms with E-state index in [1.807, 2.05) is 37.4 Å². The van der Waals surface area contributed by atoms with Crippen molar-refractivity contribution in [2.45, 2.75) is 29.9 Å². The van der Waals surface area contributed by atoms with E-state index in [4.69, 9.17) is 0 Å². The van der Waals surface area contributed by atoms with Gasteiger partial charge >= 0.3 is 5.69 Å². The molecule has 8 heteroatoms. The quantitative estimate of drug-likeness (QED) is 0.758. The van der Waals surface area contributed by atoms with Crippen LogP contribution >= 0.6 is 23.5 Å². The van der Waals surface area contributed by atoms with Crippen molar-refractivity contribution < 1.29 is 4.79 Å². The zero-order valence-electron chi connectivity index (χ0n) is 12.5. The third-order valence-electron chi connectivity index (χ3n) is 2.88. The largest absolute Gasteiger partial charge is 0.343 e. The maximum Gasteiger partial charge on any atom is 0.343 e. The zero-order chi connectivity index (χ0) is 15.9. The summed E-state index contributed by atoms with van der Waals surface area (Å²) in [5.74, 6) is 0.0847. The summed E-state index contributed by atoms with van der Waals surface area (Å²) in [6.07, 6.45) is 2.80. The minimum Gasteiger partial charge on any atom is -0.324 e. The molecule has 0 aliphatic heterocycles. The van der Waals surface area contributed by atoms with E-state index in [0.29, 0.717) is 11.7 Å². The first-order chi connectivity index (χ1) is 10.7. The lowest BCUT2D eigenvalue weighted by molar-refractivity contribution is -0.113. The normalized spacial score (nSPS) is 10.6. The molecule has 0 radical (unpaired) electrons. The van der Waals surface area contributed by atoms with Gasteiger partial charge in [0.15, 0.2) is 5.16 Å². The molecule has 22 heavy (non-hydrogen) atoms. The maximum absolute atomic E-state index is 12.1. The number of benzene rings is 1. The highest BCUT2D eigenvalue weighted by molar-refractivity contribution is 7.99. The summed E-state index contributed by atoms with van der Waals surface area (Å²) in [6, 6.07) is 7.65. The number of nitrogens with zero attached hydrogens (tertiary/aromatic N) is 2. The fourth-order valence-electron chi connectivity index (χ4n) is 1.90. The van der Waals surface area contributed by atoms with Gasteiger partial charge in [-0.15, -0.1) is 16.9 Å². The van der Waals surface area contributed by atoms with E-state index in [2.05, 4.69) is 15.5 Å². The molecule has 0 aliphatic rings. The lowest BCUT2D eigenvalue weighted by Crippen LogP contribution is -2.18. The number of aromatic amines is 1. The van der Waals surface area contributed by atoms with E-state index < -0.39 is 0 Å². The second kappa shape index (κ2) is 8.09. The molecule has 0 fully saturated rings. The Kier molecular flexibility index (Phi) is 6.14. The average molecular weight is 338 g/mol. The molecule has 1 aromatic carbocycles. The van der Waals surface area contributed by atoms with Crippen LogP contribution in [0.2, 0.25) is 0 Å². The molecule has 0 aliphatic carbocycles. The van der Waals surface area contributed by atoms with Gasteiger partial charge in [-0.1, -0.05) is 30.8 Å². The number of para-hydroxylation sites is 1. The summed E-state index contributed by atoms with van der Waals surface area (Å²) in [7, 11) is 0. The Morgan fingerprint density at radius 2 is 2.18 bits per heavy atom. The van der Waals surface area contributed by atoms with Crippen molar-refractivity contribution >= 4 is 35.1 Å². The van der Waals surface area contributed by atoms with Gasteiger partial charge in [0.05, 0.1) is 11.4 Å². The number of amides is 1. The number of H-pyrrole nitrogens is 1. The van der Waals surface area contributed by atoms with Crippen molar-refractivity contribution in [1.82, 2.24) is 14.8 Å². The molecule has 2 aromatic rings. The third kappa shape index (κ3) is 4.17. The molecule has 0 atom stereocenters. The number of anilines is 1. The highest BCUT2D eigenvalue weighted by Gasteiger charge is 2.11. The summed E-state index contributed by atoms with van der Waals surface area (Å²) in [4.78, 5) is 24.7. The van der Waals surface area contributed by atoms with Crippen LogP contribution in [0.5, 0.6) is 0 Å². The summed E-state index contributed by atoms with van der Waals surface area (Å²) < 4.78 is 1.55. The number of carbonyl (C=O) groups is 1. The SMILES string of the molecule is CCCn1c(SCC(=O)Nc2ccccc2SC)n[nH]c1=O. The fourth-order valence-corrected chi connectivity index (χ4v) is 3.22. The van der Waals surface area contributed by atoms with Crippen molar-refractivity contribution in [3.8, 4) is 0 Å². The van der Waals surface area contributed by atoms with E-state index in [9.17, 15) is 9.59 Å². The first-order valence-electron chi connectivity index (χ1n) is 6.86. The van der Waals surface area contributed by atoms with E-state index in [-0.39, 0.29) is 17.3 Å². The van der Waals surface area contributed by atoms with Crippen LogP contribution in [0.4, 0.5) is 5.69 Å². The van der Waals surface area contributed by atoms with Gasteiger partial charge in [0.2, 0.25) is 5.91 Å². The Hall–Kier alpha value is -1.67. The number of carbonyl (C=O) groups excluding carboxylic acids is 1. The third-order valence-corrected chi connectivity index (χ3v) is 4.66. The van der Waals surface area contributed by atoms with Gasteiger partial charge in [-0.05, 0) is 24.8 Å². The molecular formula is C14H18N4O2S2. The van der Waals surface area contributed by atoms with E-state index >= 15 is 0 Å². The molecule has 2 N–H and O–H groups in total. The number of hydrogen-bond donors (Lipinski definition) is 2. The van der Waals surface area contributed by atoms with E-state index in [1.54, 1.807) is 16.3 Å². The zero-order valence-corrected chi connectivity index (χ0v) is 14.1. The molecule has 0 unspecified atom stereocenters. The Balaban J connectivity index is 1.97. The van der Waals surface area contributed by atoms with Crippen LogP contribution in [0.15, 0.2) is 39.1 Å². The molecule has 1 amide bonds. The van der Waals surface area contributed by atoms with Crippen LogP contribution in [-0.2, 0) is 11.3 Å². The summed E-state index contributed by atoms with van der Waals surface area (Å²) >= 11 is 2.83. The van der Waals surface area contributed by atoms with Crippen LogP contribution in [0.3, 0.4) is 0 Å². The van der Waals surface area contributed by atoms with Gasteiger partial charge in [-0.3, -0.25) is 9.36 Å². The molecule has 1 aromatic heterocycles. The smallest absolute Gasteiger partial charge is 0.324 e. The topological polar surface area (TPSA) is 79.8 Å². The van der Waals surface area contributed by atoms with Crippen LogP contribution < -0.4 is 11.0 Å². The van der Waals surface area contributed by atoms with Gasteiger partial charge in [0.25, 0.3) is 0 Å². The standard InChI is InChI=1S/C14H18N4O2S2/c1-3-8-18-13(20)16-17-14(18)22-9-12(19)15-10-6-4-5-7-11(10)21-2/h4-7H,3,8-9H2,1-2H3,(H,15,19)(H,16,20). The van der Waals surface area contributed by atoms with Crippen LogP contribution in [0, 0.1) is 0 Å². The van der Waals surface area contributed by atoms with E-state index in [1.165, 1.54) is 11.8 Å². The van der Waals surface area contributed by atoms with Gasteiger partial charge < -0.3 is 5.32 Å². The van der Waals surface area contributed by atoms with Gasteiger partial charge in [0, 0.05) is 11.4 Å². The molecular weight excluding hydrogens is 320 g/mol. The van der Waals surface area contributed by atoms with Crippen molar-refractivity contribution in [2.24, 2.45) is 0 Å². The second-order valence-electron chi connectivity index (χ2n) is 4.50. The molecule has 2 rings (SSSR count). The van der Waals surface area contributed by atoms with Crippen LogP contribution in [0.25, 0.3) is 0 Å². The van der Waals surface area contributed by atoms with Crippen molar-refractivity contribution in [2.75, 3.05) is 17.3 Å². The predicted octanol–water partition coefficient (Wildman–Crippen LogP) is 2.43. The van der Waals surface area contributed by atoms with Gasteiger partial charge in [0.1, 0.15) is 0 Å². The second-order valence-corrected chi connectivity index (χ2v) is 6.29. The maximum atomic E-state index is 12.1. The summed E-state index contributed by atoms with van der Waals surface area (Å²) in [5.41, 5.74) is 0.561. The molecule has 0 spiro atoms. The minimum atomic E-state index is -0.238.